The van der Waals surface area contributed by atoms with Crippen LogP contribution in [0.4, 0.5) is 4.79 Å². The van der Waals surface area contributed by atoms with Crippen molar-refractivity contribution in [2.75, 3.05) is 0 Å². The highest BCUT2D eigenvalue weighted by molar-refractivity contribution is 6.62. The van der Waals surface area contributed by atoms with Crippen molar-refractivity contribution in [1.29, 1.82) is 0 Å². The van der Waals surface area contributed by atoms with Gasteiger partial charge in [-0.2, -0.15) is 0 Å². The van der Waals surface area contributed by atoms with Gasteiger partial charge in [-0.25, -0.2) is 4.79 Å². The largest absolute Gasteiger partial charge is 0.494 e. The van der Waals surface area contributed by atoms with E-state index in [9.17, 15) is 9.59 Å². The summed E-state index contributed by atoms with van der Waals surface area (Å²) in [5.41, 5.74) is -0.107. The third-order valence-electron chi connectivity index (χ3n) is 4.85. The fourth-order valence-electron chi connectivity index (χ4n) is 2.58. The van der Waals surface area contributed by atoms with E-state index in [-0.39, 0.29) is 5.78 Å². The van der Waals surface area contributed by atoms with E-state index in [0.29, 0.717) is 5.56 Å². The predicted molar refractivity (Wildman–Crippen MR) is 105 cm³/mol. The molecule has 0 aliphatic carbocycles. The third kappa shape index (κ3) is 5.11. The van der Waals surface area contributed by atoms with Gasteiger partial charge in [0.2, 0.25) is 0 Å². The van der Waals surface area contributed by atoms with E-state index >= 15 is 0 Å². The van der Waals surface area contributed by atoms with Gasteiger partial charge in [-0.1, -0.05) is 24.3 Å². The summed E-state index contributed by atoms with van der Waals surface area (Å²) >= 11 is 0. The van der Waals surface area contributed by atoms with Crippen LogP contribution in [-0.4, -0.2) is 41.8 Å². The second kappa shape index (κ2) is 7.28. The molecule has 1 N–H and O–H groups in total. The first-order valence-corrected chi connectivity index (χ1v) is 9.21. The molecule has 1 aromatic carbocycles. The van der Waals surface area contributed by atoms with Crippen LogP contribution in [0, 0.1) is 0 Å². The lowest BCUT2D eigenvalue weighted by Crippen LogP contribution is -2.41. The number of ether oxygens (including phenoxy) is 1. The van der Waals surface area contributed by atoms with Crippen LogP contribution in [0.25, 0.3) is 0 Å². The Labute approximate surface area is 162 Å². The van der Waals surface area contributed by atoms with Crippen LogP contribution >= 0.6 is 0 Å². The van der Waals surface area contributed by atoms with Crippen molar-refractivity contribution in [2.24, 2.45) is 0 Å². The topological polar surface area (TPSA) is 73.9 Å². The first kappa shape index (κ1) is 21.4. The molecule has 7 heteroatoms. The zero-order valence-electron chi connectivity index (χ0n) is 17.5. The number of carbonyl (C=O) groups excluding carboxylic acids is 2. The van der Waals surface area contributed by atoms with Gasteiger partial charge in [-0.3, -0.25) is 4.79 Å². The number of carbonyl (C=O) groups is 2. The zero-order chi connectivity index (χ0) is 20.6. The van der Waals surface area contributed by atoms with Gasteiger partial charge in [-0.15, -0.1) is 0 Å². The average molecular weight is 375 g/mol. The number of Topliss-reactive ketones (excluding diaryl/α,β-unsaturated/α-hetero) is 1. The van der Waals surface area contributed by atoms with E-state index in [1.54, 1.807) is 39.8 Å². The maximum absolute atomic E-state index is 12.6. The van der Waals surface area contributed by atoms with Gasteiger partial charge >= 0.3 is 13.2 Å². The highest BCUT2D eigenvalue weighted by Crippen LogP contribution is 2.36. The third-order valence-corrected chi connectivity index (χ3v) is 4.85. The molecule has 1 atom stereocenters. The molecule has 6 nitrogen and oxygen atoms in total. The van der Waals surface area contributed by atoms with Gasteiger partial charge in [0.15, 0.2) is 5.78 Å². The molecule has 1 aliphatic rings. The number of nitrogens with one attached hydrogen (secondary N) is 1. The number of hydrogen-bond donors (Lipinski definition) is 1. The van der Waals surface area contributed by atoms with Crippen molar-refractivity contribution >= 4 is 24.5 Å². The van der Waals surface area contributed by atoms with E-state index in [0.717, 1.165) is 5.46 Å². The summed E-state index contributed by atoms with van der Waals surface area (Å²) in [6.45, 7) is 14.9. The van der Waals surface area contributed by atoms with E-state index in [1.807, 2.05) is 39.8 Å². The average Bonchev–Trinajstić information content (AvgIpc) is 2.73. The highest BCUT2D eigenvalue weighted by atomic mass is 16.7. The summed E-state index contributed by atoms with van der Waals surface area (Å²) < 4.78 is 17.2. The van der Waals surface area contributed by atoms with E-state index in [4.69, 9.17) is 14.0 Å². The summed E-state index contributed by atoms with van der Waals surface area (Å²) in [5, 5.41) is 2.57. The SMILES string of the molecule is CC(NC(=O)OC(C)(C)C)C(=O)c1ccc(B2OC(C)(C)C(C)(C)O2)cc1. The molecule has 1 saturated heterocycles. The minimum absolute atomic E-state index is 0.193. The van der Waals surface area contributed by atoms with Gasteiger partial charge in [-0.05, 0) is 60.9 Å². The Kier molecular flexibility index (Phi) is 5.78. The van der Waals surface area contributed by atoms with Gasteiger partial charge in [0.05, 0.1) is 17.2 Å². The normalized spacial score (nSPS) is 19.5. The van der Waals surface area contributed by atoms with Crippen LogP contribution in [0.2, 0.25) is 0 Å². The van der Waals surface area contributed by atoms with Crippen molar-refractivity contribution in [3.63, 3.8) is 0 Å². The van der Waals surface area contributed by atoms with Crippen LogP contribution in [0.15, 0.2) is 24.3 Å². The lowest BCUT2D eigenvalue weighted by Gasteiger charge is -2.32. The molecule has 1 fully saturated rings. The van der Waals surface area contributed by atoms with Gasteiger partial charge in [0, 0.05) is 5.56 Å². The Balaban J connectivity index is 2.03. The molecule has 1 unspecified atom stereocenters. The van der Waals surface area contributed by atoms with Crippen molar-refractivity contribution < 1.29 is 23.6 Å². The van der Waals surface area contributed by atoms with Crippen LogP contribution < -0.4 is 10.8 Å². The predicted octanol–water partition coefficient (Wildman–Crippen LogP) is 3.08. The lowest BCUT2D eigenvalue weighted by molar-refractivity contribution is 0.00578. The molecule has 1 amide bonds. The number of rotatable bonds is 4. The van der Waals surface area contributed by atoms with Crippen molar-refractivity contribution in [3.05, 3.63) is 29.8 Å². The van der Waals surface area contributed by atoms with Crippen LogP contribution in [-0.2, 0) is 14.0 Å². The van der Waals surface area contributed by atoms with E-state index in [2.05, 4.69) is 5.32 Å². The Morgan fingerprint density at radius 2 is 1.52 bits per heavy atom. The Morgan fingerprint density at radius 3 is 1.96 bits per heavy atom. The van der Waals surface area contributed by atoms with Crippen LogP contribution in [0.5, 0.6) is 0 Å². The number of hydrogen-bond acceptors (Lipinski definition) is 5. The molecule has 0 aromatic heterocycles. The molecular formula is C20H30BNO5. The Morgan fingerprint density at radius 1 is 1.04 bits per heavy atom. The molecule has 0 saturated carbocycles. The fourth-order valence-corrected chi connectivity index (χ4v) is 2.58. The quantitative estimate of drug-likeness (QED) is 0.647. The van der Waals surface area contributed by atoms with Crippen LogP contribution in [0.3, 0.4) is 0 Å². The summed E-state index contributed by atoms with van der Waals surface area (Å²) in [6, 6.07) is 6.37. The number of benzene rings is 1. The van der Waals surface area contributed by atoms with Gasteiger partial charge in [0.25, 0.3) is 0 Å². The lowest BCUT2D eigenvalue weighted by atomic mass is 9.78. The summed E-state index contributed by atoms with van der Waals surface area (Å²) in [7, 11) is -0.475. The zero-order valence-corrected chi connectivity index (χ0v) is 17.5. The smallest absolute Gasteiger partial charge is 0.444 e. The maximum atomic E-state index is 12.6. The molecule has 148 valence electrons. The maximum Gasteiger partial charge on any atom is 0.494 e. The molecule has 1 aromatic rings. The Bertz CT molecular complexity index is 690. The number of amides is 1. The number of alkyl carbamates (subject to hydrolysis) is 1. The summed E-state index contributed by atoms with van der Waals surface area (Å²) in [4.78, 5) is 24.4. The molecule has 1 heterocycles. The standard InChI is InChI=1S/C20H30BNO5/c1-13(22-17(24)25-18(2,3)4)16(23)14-9-11-15(12-10-14)21-26-19(5,6)20(7,8)27-21/h9-13H,1-8H3,(H,22,24). The second-order valence-corrected chi connectivity index (χ2v) is 8.94. The highest BCUT2D eigenvalue weighted by Gasteiger charge is 2.51. The van der Waals surface area contributed by atoms with E-state index in [1.165, 1.54) is 0 Å². The first-order chi connectivity index (χ1) is 12.2. The second-order valence-electron chi connectivity index (χ2n) is 8.94. The van der Waals surface area contributed by atoms with Crippen molar-refractivity contribution in [2.45, 2.75) is 78.2 Å². The van der Waals surface area contributed by atoms with E-state index < -0.39 is 36.1 Å². The minimum atomic E-state index is -0.692. The molecular weight excluding hydrogens is 345 g/mol. The molecule has 0 spiro atoms. The first-order valence-electron chi connectivity index (χ1n) is 9.21. The van der Waals surface area contributed by atoms with Gasteiger partial charge in [0.1, 0.15) is 5.60 Å². The summed E-state index contributed by atoms with van der Waals surface area (Å²) in [5.74, 6) is -0.193. The Hall–Kier alpha value is -1.86. The van der Waals surface area contributed by atoms with Crippen LogP contribution in [0.1, 0.15) is 65.7 Å². The monoisotopic (exact) mass is 375 g/mol. The molecule has 0 bridgehead atoms. The fraction of sp³-hybridized carbons (Fsp3) is 0.600. The molecule has 0 radical (unpaired) electrons. The molecule has 1 aliphatic heterocycles. The van der Waals surface area contributed by atoms with Crippen molar-refractivity contribution in [3.8, 4) is 0 Å². The molecule has 2 rings (SSSR count). The summed E-state index contributed by atoms with van der Waals surface area (Å²) in [6.07, 6.45) is -0.614. The number of ketones is 1. The van der Waals surface area contributed by atoms with Gasteiger partial charge < -0.3 is 19.4 Å². The minimum Gasteiger partial charge on any atom is -0.444 e. The van der Waals surface area contributed by atoms with Crippen molar-refractivity contribution in [1.82, 2.24) is 5.32 Å². The molecule has 27 heavy (non-hydrogen) atoms.